The molecule has 4 nitrogen and oxygen atoms in total. The number of rotatable bonds is 4. The lowest BCUT2D eigenvalue weighted by molar-refractivity contribution is 0.0695. The zero-order valence-electron chi connectivity index (χ0n) is 9.51. The third-order valence-electron chi connectivity index (χ3n) is 2.39. The molecule has 1 aromatic carbocycles. The molecule has 0 saturated carbocycles. The van der Waals surface area contributed by atoms with Crippen LogP contribution in [0, 0.1) is 6.92 Å². The Labute approximate surface area is 117 Å². The maximum absolute atomic E-state index is 11.0. The van der Waals surface area contributed by atoms with Crippen LogP contribution in [0.1, 0.15) is 21.8 Å². The number of oxazole rings is 1. The lowest BCUT2D eigenvalue weighted by atomic mass is 10.2. The van der Waals surface area contributed by atoms with E-state index < -0.39 is 5.97 Å². The Morgan fingerprint density at radius 2 is 2.33 bits per heavy atom. The SMILES string of the molecule is Cc1ocnc1CSc1ccc(Br)c(C(=O)O)c1. The number of aromatic carboxylic acids is 1. The van der Waals surface area contributed by atoms with E-state index in [9.17, 15) is 4.79 Å². The van der Waals surface area contributed by atoms with Crippen LogP contribution in [0.3, 0.4) is 0 Å². The van der Waals surface area contributed by atoms with Crippen LogP contribution in [0.4, 0.5) is 0 Å². The topological polar surface area (TPSA) is 63.3 Å². The van der Waals surface area contributed by atoms with Crippen LogP contribution in [0.15, 0.2) is 38.4 Å². The molecule has 6 heteroatoms. The molecule has 0 fully saturated rings. The highest BCUT2D eigenvalue weighted by Gasteiger charge is 2.10. The molecule has 0 amide bonds. The van der Waals surface area contributed by atoms with Gasteiger partial charge in [0, 0.05) is 15.1 Å². The summed E-state index contributed by atoms with van der Waals surface area (Å²) in [5.74, 6) is 0.503. The Hall–Kier alpha value is -1.27. The molecule has 1 aromatic heterocycles. The first-order valence-corrected chi connectivity index (χ1v) is 6.90. The summed E-state index contributed by atoms with van der Waals surface area (Å²) in [7, 11) is 0. The van der Waals surface area contributed by atoms with E-state index in [2.05, 4.69) is 20.9 Å². The number of thioether (sulfide) groups is 1. The fourth-order valence-corrected chi connectivity index (χ4v) is 2.74. The minimum atomic E-state index is -0.943. The van der Waals surface area contributed by atoms with E-state index in [1.807, 2.05) is 13.0 Å². The summed E-state index contributed by atoms with van der Waals surface area (Å²) in [6, 6.07) is 5.25. The van der Waals surface area contributed by atoms with Crippen molar-refractivity contribution < 1.29 is 14.3 Å². The standard InChI is InChI=1S/C12H10BrNO3S/c1-7-11(14-6-17-7)5-18-8-2-3-10(13)9(4-8)12(15)16/h2-4,6H,5H2,1H3,(H,15,16). The van der Waals surface area contributed by atoms with Gasteiger partial charge in [-0.15, -0.1) is 11.8 Å². The van der Waals surface area contributed by atoms with Gasteiger partial charge in [-0.2, -0.15) is 0 Å². The molecule has 94 valence electrons. The number of halogens is 1. The molecular formula is C12H10BrNO3S. The molecule has 0 unspecified atom stereocenters. The summed E-state index contributed by atoms with van der Waals surface area (Å²) in [5, 5.41) is 9.02. The number of hydrogen-bond donors (Lipinski definition) is 1. The Morgan fingerprint density at radius 3 is 2.94 bits per heavy atom. The third kappa shape index (κ3) is 2.94. The average Bonchev–Trinajstić information content (AvgIpc) is 2.73. The molecule has 0 saturated heterocycles. The van der Waals surface area contributed by atoms with Crippen molar-refractivity contribution in [3.8, 4) is 0 Å². The molecule has 2 rings (SSSR count). The lowest BCUT2D eigenvalue weighted by Gasteiger charge is -2.03. The Kier molecular flexibility index (Phi) is 4.08. The second-order valence-corrected chi connectivity index (χ2v) is 5.49. The van der Waals surface area contributed by atoms with Crippen LogP contribution in [-0.4, -0.2) is 16.1 Å². The molecule has 0 spiro atoms. The molecule has 0 atom stereocenters. The summed E-state index contributed by atoms with van der Waals surface area (Å²) in [6.07, 6.45) is 1.41. The van der Waals surface area contributed by atoms with Gasteiger partial charge in [0.05, 0.1) is 11.3 Å². The summed E-state index contributed by atoms with van der Waals surface area (Å²) in [4.78, 5) is 16.0. The predicted molar refractivity (Wildman–Crippen MR) is 71.9 cm³/mol. The lowest BCUT2D eigenvalue weighted by Crippen LogP contribution is -1.97. The minimum absolute atomic E-state index is 0.261. The molecule has 2 aromatic rings. The van der Waals surface area contributed by atoms with Crippen molar-refractivity contribution in [2.75, 3.05) is 0 Å². The molecule has 0 aliphatic rings. The monoisotopic (exact) mass is 327 g/mol. The quantitative estimate of drug-likeness (QED) is 0.866. The second-order valence-electron chi connectivity index (χ2n) is 3.59. The van der Waals surface area contributed by atoms with Gasteiger partial charge in [-0.25, -0.2) is 9.78 Å². The maximum Gasteiger partial charge on any atom is 0.336 e. The third-order valence-corrected chi connectivity index (χ3v) is 4.08. The van der Waals surface area contributed by atoms with Crippen LogP contribution >= 0.6 is 27.7 Å². The molecular weight excluding hydrogens is 318 g/mol. The van der Waals surface area contributed by atoms with Crippen LogP contribution in [0.5, 0.6) is 0 Å². The van der Waals surface area contributed by atoms with Crippen molar-refractivity contribution in [1.29, 1.82) is 0 Å². The van der Waals surface area contributed by atoms with E-state index in [4.69, 9.17) is 9.52 Å². The maximum atomic E-state index is 11.0. The van der Waals surface area contributed by atoms with Crippen molar-refractivity contribution in [3.05, 3.63) is 46.1 Å². The van der Waals surface area contributed by atoms with Gasteiger partial charge in [0.25, 0.3) is 0 Å². The highest BCUT2D eigenvalue weighted by atomic mass is 79.9. The van der Waals surface area contributed by atoms with Crippen LogP contribution in [0.2, 0.25) is 0 Å². The number of carboxylic acid groups (broad SMARTS) is 1. The van der Waals surface area contributed by atoms with Gasteiger partial charge in [-0.3, -0.25) is 0 Å². The Bertz CT molecular complexity index is 582. The molecule has 0 aliphatic heterocycles. The van der Waals surface area contributed by atoms with E-state index in [1.165, 1.54) is 18.2 Å². The van der Waals surface area contributed by atoms with E-state index in [0.29, 0.717) is 10.2 Å². The van der Waals surface area contributed by atoms with Gasteiger partial charge in [-0.1, -0.05) is 0 Å². The zero-order valence-corrected chi connectivity index (χ0v) is 11.9. The number of aromatic nitrogens is 1. The van der Waals surface area contributed by atoms with Crippen LogP contribution in [-0.2, 0) is 5.75 Å². The van der Waals surface area contributed by atoms with Gasteiger partial charge < -0.3 is 9.52 Å². The van der Waals surface area contributed by atoms with E-state index >= 15 is 0 Å². The van der Waals surface area contributed by atoms with Gasteiger partial charge in [0.15, 0.2) is 6.39 Å². The number of benzene rings is 1. The van der Waals surface area contributed by atoms with E-state index in [-0.39, 0.29) is 5.56 Å². The van der Waals surface area contributed by atoms with E-state index in [0.717, 1.165) is 16.3 Å². The summed E-state index contributed by atoms with van der Waals surface area (Å²) in [5.41, 5.74) is 1.14. The average molecular weight is 328 g/mol. The first-order chi connectivity index (χ1) is 8.58. The number of nitrogens with zero attached hydrogens (tertiary/aromatic N) is 1. The Morgan fingerprint density at radius 1 is 1.56 bits per heavy atom. The van der Waals surface area contributed by atoms with Crippen LogP contribution < -0.4 is 0 Å². The molecule has 0 aliphatic carbocycles. The highest BCUT2D eigenvalue weighted by Crippen LogP contribution is 2.27. The Balaban J connectivity index is 2.13. The minimum Gasteiger partial charge on any atom is -0.478 e. The molecule has 1 N–H and O–H groups in total. The molecule has 0 bridgehead atoms. The summed E-state index contributed by atoms with van der Waals surface area (Å²) in [6.45, 7) is 1.85. The smallest absolute Gasteiger partial charge is 0.336 e. The van der Waals surface area contributed by atoms with Crippen molar-refractivity contribution in [3.63, 3.8) is 0 Å². The van der Waals surface area contributed by atoms with Crippen LogP contribution in [0.25, 0.3) is 0 Å². The van der Waals surface area contributed by atoms with Gasteiger partial charge >= 0.3 is 5.97 Å². The molecule has 18 heavy (non-hydrogen) atoms. The van der Waals surface area contributed by atoms with E-state index in [1.54, 1.807) is 12.1 Å². The first-order valence-electron chi connectivity index (χ1n) is 5.12. The highest BCUT2D eigenvalue weighted by molar-refractivity contribution is 9.10. The molecule has 0 radical (unpaired) electrons. The first kappa shape index (κ1) is 13.2. The van der Waals surface area contributed by atoms with Gasteiger partial charge in [0.1, 0.15) is 5.76 Å². The zero-order chi connectivity index (χ0) is 13.1. The largest absolute Gasteiger partial charge is 0.478 e. The van der Waals surface area contributed by atoms with Crippen molar-refractivity contribution >= 4 is 33.7 Å². The normalized spacial score (nSPS) is 10.6. The summed E-state index contributed by atoms with van der Waals surface area (Å²) < 4.78 is 5.69. The van der Waals surface area contributed by atoms with Crippen molar-refractivity contribution in [2.45, 2.75) is 17.6 Å². The number of aryl methyl sites for hydroxylation is 1. The van der Waals surface area contributed by atoms with Gasteiger partial charge in [0.2, 0.25) is 0 Å². The van der Waals surface area contributed by atoms with Crippen molar-refractivity contribution in [2.24, 2.45) is 0 Å². The fourth-order valence-electron chi connectivity index (χ4n) is 1.38. The number of carbonyl (C=O) groups is 1. The molecule has 1 heterocycles. The predicted octanol–water partition coefficient (Wildman–Crippen LogP) is 3.74. The summed E-state index contributed by atoms with van der Waals surface area (Å²) >= 11 is 4.74. The van der Waals surface area contributed by atoms with Crippen molar-refractivity contribution in [1.82, 2.24) is 4.98 Å². The fraction of sp³-hybridized carbons (Fsp3) is 0.167. The number of hydrogen-bond acceptors (Lipinski definition) is 4. The van der Waals surface area contributed by atoms with Gasteiger partial charge in [-0.05, 0) is 41.1 Å². The second kappa shape index (κ2) is 5.58. The number of carboxylic acids is 1.